The molecule has 3 nitrogen and oxygen atoms in total. The Kier molecular flexibility index (Phi) is 5.46. The van der Waals surface area contributed by atoms with Crippen molar-refractivity contribution in [2.45, 2.75) is 26.0 Å². The van der Waals surface area contributed by atoms with E-state index in [1.165, 1.54) is 5.56 Å². The predicted octanol–water partition coefficient (Wildman–Crippen LogP) is 2.05. The van der Waals surface area contributed by atoms with Crippen LogP contribution in [0.4, 0.5) is 0 Å². The fourth-order valence-electron chi connectivity index (χ4n) is 1.66. The predicted molar refractivity (Wildman–Crippen MR) is 65.4 cm³/mol. The summed E-state index contributed by atoms with van der Waals surface area (Å²) < 4.78 is 10.7. The van der Waals surface area contributed by atoms with Crippen LogP contribution in [0.5, 0.6) is 0 Å². The van der Waals surface area contributed by atoms with Crippen molar-refractivity contribution in [2.24, 2.45) is 5.73 Å². The van der Waals surface area contributed by atoms with Crippen molar-refractivity contribution in [3.63, 3.8) is 0 Å². The van der Waals surface area contributed by atoms with Crippen LogP contribution in [-0.2, 0) is 9.47 Å². The lowest BCUT2D eigenvalue weighted by atomic mass is 10.0. The summed E-state index contributed by atoms with van der Waals surface area (Å²) in [7, 11) is 1.66. The van der Waals surface area contributed by atoms with Crippen molar-refractivity contribution in [2.75, 3.05) is 20.3 Å². The minimum absolute atomic E-state index is 0.0290. The van der Waals surface area contributed by atoms with Gasteiger partial charge in [0, 0.05) is 13.2 Å². The van der Waals surface area contributed by atoms with Crippen LogP contribution in [0, 0.1) is 6.92 Å². The quantitative estimate of drug-likeness (QED) is 0.751. The zero-order chi connectivity index (χ0) is 12.0. The van der Waals surface area contributed by atoms with E-state index in [0.717, 1.165) is 5.56 Å². The average Bonchev–Trinajstić information content (AvgIpc) is 2.24. The summed E-state index contributed by atoms with van der Waals surface area (Å²) in [5.74, 6) is 0. The van der Waals surface area contributed by atoms with Crippen molar-refractivity contribution in [1.29, 1.82) is 0 Å². The van der Waals surface area contributed by atoms with E-state index in [9.17, 15) is 0 Å². The van der Waals surface area contributed by atoms with Gasteiger partial charge in [0.1, 0.15) is 0 Å². The van der Waals surface area contributed by atoms with Crippen LogP contribution in [0.15, 0.2) is 24.3 Å². The average molecular weight is 223 g/mol. The normalized spacial score (nSPS) is 14.8. The molecule has 0 aliphatic heterocycles. The maximum atomic E-state index is 5.94. The maximum absolute atomic E-state index is 5.94. The van der Waals surface area contributed by atoms with Crippen molar-refractivity contribution in [1.82, 2.24) is 0 Å². The molecule has 0 heterocycles. The molecule has 1 rings (SSSR count). The van der Waals surface area contributed by atoms with E-state index in [2.05, 4.69) is 19.1 Å². The first-order valence-corrected chi connectivity index (χ1v) is 5.58. The minimum Gasteiger partial charge on any atom is -0.382 e. The molecule has 90 valence electrons. The number of rotatable bonds is 6. The summed E-state index contributed by atoms with van der Waals surface area (Å²) in [5, 5.41) is 0. The van der Waals surface area contributed by atoms with Gasteiger partial charge in [-0.15, -0.1) is 0 Å². The van der Waals surface area contributed by atoms with E-state index in [1.807, 2.05) is 19.1 Å². The van der Waals surface area contributed by atoms with Gasteiger partial charge in [-0.3, -0.25) is 0 Å². The molecule has 0 spiro atoms. The van der Waals surface area contributed by atoms with Crippen LogP contribution in [0.1, 0.15) is 24.2 Å². The largest absolute Gasteiger partial charge is 0.382 e. The highest BCUT2D eigenvalue weighted by Crippen LogP contribution is 2.21. The maximum Gasteiger partial charge on any atom is 0.0974 e. The third kappa shape index (κ3) is 3.93. The van der Waals surface area contributed by atoms with E-state index in [1.54, 1.807) is 7.11 Å². The number of ether oxygens (including phenoxy) is 2. The molecule has 2 N–H and O–H groups in total. The molecular weight excluding hydrogens is 202 g/mol. The van der Waals surface area contributed by atoms with Gasteiger partial charge in [0.15, 0.2) is 0 Å². The number of aryl methyl sites for hydroxylation is 1. The molecule has 2 atom stereocenters. The second-order valence-electron chi connectivity index (χ2n) is 4.06. The molecule has 0 amide bonds. The molecule has 1 aromatic carbocycles. The van der Waals surface area contributed by atoms with Gasteiger partial charge in [-0.05, 0) is 19.4 Å². The molecule has 3 heteroatoms. The fraction of sp³-hybridized carbons (Fsp3) is 0.538. The Bertz CT molecular complexity index is 313. The van der Waals surface area contributed by atoms with E-state index in [4.69, 9.17) is 15.2 Å². The molecule has 0 radical (unpaired) electrons. The highest BCUT2D eigenvalue weighted by molar-refractivity contribution is 5.25. The second-order valence-corrected chi connectivity index (χ2v) is 4.06. The second kappa shape index (κ2) is 6.63. The van der Waals surface area contributed by atoms with Crippen LogP contribution in [0.2, 0.25) is 0 Å². The van der Waals surface area contributed by atoms with Gasteiger partial charge in [0.25, 0.3) is 0 Å². The van der Waals surface area contributed by atoms with E-state index >= 15 is 0 Å². The van der Waals surface area contributed by atoms with Crippen LogP contribution in [0.3, 0.4) is 0 Å². The molecule has 1 aromatic rings. The monoisotopic (exact) mass is 223 g/mol. The molecule has 0 aromatic heterocycles. The van der Waals surface area contributed by atoms with Gasteiger partial charge in [0.05, 0.1) is 19.3 Å². The van der Waals surface area contributed by atoms with Crippen LogP contribution >= 0.6 is 0 Å². The minimum atomic E-state index is -0.0601. The first kappa shape index (κ1) is 13.2. The highest BCUT2D eigenvalue weighted by Gasteiger charge is 2.16. The summed E-state index contributed by atoms with van der Waals surface area (Å²) in [5.41, 5.74) is 8.29. The number of hydrogen-bond donors (Lipinski definition) is 1. The molecule has 0 aliphatic rings. The Balaban J connectivity index is 2.69. The van der Waals surface area contributed by atoms with Crippen molar-refractivity contribution < 1.29 is 9.47 Å². The zero-order valence-electron chi connectivity index (χ0n) is 10.3. The molecule has 0 bridgehead atoms. The first-order chi connectivity index (χ1) is 7.65. The molecule has 0 saturated carbocycles. The third-order valence-electron chi connectivity index (χ3n) is 2.43. The molecule has 16 heavy (non-hydrogen) atoms. The molecular formula is C13H21NO2. The zero-order valence-corrected chi connectivity index (χ0v) is 10.3. The molecule has 0 saturated heterocycles. The molecule has 0 fully saturated rings. The van der Waals surface area contributed by atoms with Gasteiger partial charge < -0.3 is 15.2 Å². The van der Waals surface area contributed by atoms with Gasteiger partial charge in [-0.25, -0.2) is 0 Å². The lowest BCUT2D eigenvalue weighted by molar-refractivity contribution is 0.00616. The smallest absolute Gasteiger partial charge is 0.0974 e. The third-order valence-corrected chi connectivity index (χ3v) is 2.43. The number of benzene rings is 1. The SMILES string of the molecule is COCCOC(c1cccc(C)c1)C(C)N. The van der Waals surface area contributed by atoms with Crippen molar-refractivity contribution >= 4 is 0 Å². The van der Waals surface area contributed by atoms with Gasteiger partial charge in [0.2, 0.25) is 0 Å². The standard InChI is InChI=1S/C13H21NO2/c1-10-5-4-6-12(9-10)13(11(2)14)16-8-7-15-3/h4-6,9,11,13H,7-8,14H2,1-3H3. The lowest BCUT2D eigenvalue weighted by Crippen LogP contribution is -2.28. The van der Waals surface area contributed by atoms with E-state index in [0.29, 0.717) is 13.2 Å². The van der Waals surface area contributed by atoms with Crippen LogP contribution < -0.4 is 5.73 Å². The summed E-state index contributed by atoms with van der Waals surface area (Å²) in [6.07, 6.45) is -0.0601. The Labute approximate surface area is 97.6 Å². The van der Waals surface area contributed by atoms with Crippen LogP contribution in [-0.4, -0.2) is 26.4 Å². The first-order valence-electron chi connectivity index (χ1n) is 5.58. The van der Waals surface area contributed by atoms with Crippen molar-refractivity contribution in [3.8, 4) is 0 Å². The highest BCUT2D eigenvalue weighted by atomic mass is 16.5. The van der Waals surface area contributed by atoms with E-state index < -0.39 is 0 Å². The van der Waals surface area contributed by atoms with Gasteiger partial charge in [-0.1, -0.05) is 29.8 Å². The fourth-order valence-corrected chi connectivity index (χ4v) is 1.66. The topological polar surface area (TPSA) is 44.5 Å². The Morgan fingerprint density at radius 3 is 2.62 bits per heavy atom. The Morgan fingerprint density at radius 2 is 2.06 bits per heavy atom. The van der Waals surface area contributed by atoms with E-state index in [-0.39, 0.29) is 12.1 Å². The summed E-state index contributed by atoms with van der Waals surface area (Å²) in [6, 6.07) is 8.23. The summed E-state index contributed by atoms with van der Waals surface area (Å²) in [6.45, 7) is 5.18. The van der Waals surface area contributed by atoms with Gasteiger partial charge >= 0.3 is 0 Å². The van der Waals surface area contributed by atoms with Crippen molar-refractivity contribution in [3.05, 3.63) is 35.4 Å². The van der Waals surface area contributed by atoms with Gasteiger partial charge in [-0.2, -0.15) is 0 Å². The molecule has 0 aliphatic carbocycles. The number of hydrogen-bond acceptors (Lipinski definition) is 3. The number of methoxy groups -OCH3 is 1. The Hall–Kier alpha value is -0.900. The Morgan fingerprint density at radius 1 is 1.31 bits per heavy atom. The summed E-state index contributed by atoms with van der Waals surface area (Å²) in [4.78, 5) is 0. The lowest BCUT2D eigenvalue weighted by Gasteiger charge is -2.22. The number of nitrogens with two attached hydrogens (primary N) is 1. The summed E-state index contributed by atoms with van der Waals surface area (Å²) >= 11 is 0. The molecule has 2 unspecified atom stereocenters. The van der Waals surface area contributed by atoms with Crippen LogP contribution in [0.25, 0.3) is 0 Å².